The van der Waals surface area contributed by atoms with E-state index in [2.05, 4.69) is 11.8 Å². The number of rotatable bonds is 2. The fourth-order valence-electron chi connectivity index (χ4n) is 1.57. The number of likely N-dealkylation sites (tertiary alicyclic amines) is 1. The van der Waals surface area contributed by atoms with Crippen LogP contribution in [0.4, 0.5) is 0 Å². The molecular formula is C8H16N2O. The summed E-state index contributed by atoms with van der Waals surface area (Å²) in [5, 5.41) is 0. The topological polar surface area (TPSA) is 46.3 Å². The number of carbonyl (C=O) groups is 1. The molecule has 1 heterocycles. The number of carbonyl (C=O) groups excluding carboxylic acids is 1. The van der Waals surface area contributed by atoms with Crippen LogP contribution in [0.2, 0.25) is 0 Å². The minimum Gasteiger partial charge on any atom is -0.369 e. The molecule has 1 aliphatic heterocycles. The maximum absolute atomic E-state index is 10.8. The minimum absolute atomic E-state index is 0.101. The fraction of sp³-hybridized carbons (Fsp3) is 0.875. The summed E-state index contributed by atoms with van der Waals surface area (Å²) < 4.78 is 0. The van der Waals surface area contributed by atoms with Gasteiger partial charge in [-0.25, -0.2) is 0 Å². The third-order valence-corrected chi connectivity index (χ3v) is 2.36. The summed E-state index contributed by atoms with van der Waals surface area (Å²) in [5.41, 5.74) is 5.22. The molecule has 0 aromatic carbocycles. The summed E-state index contributed by atoms with van der Waals surface area (Å²) in [6.45, 7) is 5.14. The quantitative estimate of drug-likeness (QED) is 0.621. The molecule has 1 atom stereocenters. The molecule has 1 rings (SSSR count). The molecule has 2 N–H and O–H groups in total. The van der Waals surface area contributed by atoms with Gasteiger partial charge in [-0.05, 0) is 25.9 Å². The lowest BCUT2D eigenvalue weighted by Crippen LogP contribution is -2.40. The lowest BCUT2D eigenvalue weighted by atomic mass is 9.98. The number of piperidine rings is 1. The molecule has 0 spiro atoms. The highest BCUT2D eigenvalue weighted by Gasteiger charge is 2.22. The molecule has 1 saturated heterocycles. The van der Waals surface area contributed by atoms with E-state index in [0.717, 1.165) is 32.5 Å². The van der Waals surface area contributed by atoms with Gasteiger partial charge in [0, 0.05) is 6.54 Å². The zero-order valence-electron chi connectivity index (χ0n) is 7.05. The van der Waals surface area contributed by atoms with E-state index >= 15 is 0 Å². The van der Waals surface area contributed by atoms with Crippen molar-refractivity contribution < 1.29 is 4.79 Å². The second-order valence-corrected chi connectivity index (χ2v) is 3.13. The van der Waals surface area contributed by atoms with E-state index in [-0.39, 0.29) is 11.8 Å². The van der Waals surface area contributed by atoms with Crippen LogP contribution >= 0.6 is 0 Å². The highest BCUT2D eigenvalue weighted by Crippen LogP contribution is 2.14. The molecule has 3 nitrogen and oxygen atoms in total. The Labute approximate surface area is 67.5 Å². The van der Waals surface area contributed by atoms with Gasteiger partial charge in [0.15, 0.2) is 0 Å². The summed E-state index contributed by atoms with van der Waals surface area (Å²) in [7, 11) is 0. The van der Waals surface area contributed by atoms with Crippen molar-refractivity contribution in [2.75, 3.05) is 19.6 Å². The zero-order chi connectivity index (χ0) is 8.27. The molecule has 1 fully saturated rings. The van der Waals surface area contributed by atoms with Gasteiger partial charge in [-0.3, -0.25) is 4.79 Å². The van der Waals surface area contributed by atoms with Gasteiger partial charge in [-0.2, -0.15) is 0 Å². The molecule has 1 amide bonds. The van der Waals surface area contributed by atoms with Crippen molar-refractivity contribution in [3.8, 4) is 0 Å². The zero-order valence-corrected chi connectivity index (χ0v) is 7.05. The number of nitrogens with two attached hydrogens (primary N) is 1. The Morgan fingerprint density at radius 1 is 1.73 bits per heavy atom. The monoisotopic (exact) mass is 156 g/mol. The van der Waals surface area contributed by atoms with Gasteiger partial charge in [-0.1, -0.05) is 6.92 Å². The van der Waals surface area contributed by atoms with Crippen LogP contribution in [0.3, 0.4) is 0 Å². The summed E-state index contributed by atoms with van der Waals surface area (Å²) in [4.78, 5) is 13.1. The van der Waals surface area contributed by atoms with Crippen LogP contribution in [0.5, 0.6) is 0 Å². The van der Waals surface area contributed by atoms with Crippen LogP contribution in [0.15, 0.2) is 0 Å². The summed E-state index contributed by atoms with van der Waals surface area (Å²) in [5.74, 6) is -0.0353. The number of hydrogen-bond donors (Lipinski definition) is 1. The molecule has 11 heavy (non-hydrogen) atoms. The molecular weight excluding hydrogens is 140 g/mol. The summed E-state index contributed by atoms with van der Waals surface area (Å²) in [6.07, 6.45) is 2.09. The maximum atomic E-state index is 10.8. The second kappa shape index (κ2) is 3.72. The largest absolute Gasteiger partial charge is 0.369 e. The van der Waals surface area contributed by atoms with Crippen molar-refractivity contribution in [3.63, 3.8) is 0 Å². The molecule has 1 unspecified atom stereocenters. The van der Waals surface area contributed by atoms with E-state index in [0.29, 0.717) is 0 Å². The van der Waals surface area contributed by atoms with Gasteiger partial charge in [0.2, 0.25) is 5.91 Å². The second-order valence-electron chi connectivity index (χ2n) is 3.13. The SMILES string of the molecule is CCN1CCCC(C(N)=O)C1. The van der Waals surface area contributed by atoms with E-state index in [1.807, 2.05) is 0 Å². The minimum atomic E-state index is -0.136. The Morgan fingerprint density at radius 3 is 3.00 bits per heavy atom. The third-order valence-electron chi connectivity index (χ3n) is 2.36. The first-order valence-electron chi connectivity index (χ1n) is 4.25. The van der Waals surface area contributed by atoms with Crippen molar-refractivity contribution in [1.82, 2.24) is 4.90 Å². The summed E-state index contributed by atoms with van der Waals surface area (Å²) in [6, 6.07) is 0. The molecule has 0 aromatic rings. The number of nitrogens with zero attached hydrogens (tertiary/aromatic N) is 1. The Morgan fingerprint density at radius 2 is 2.45 bits per heavy atom. The molecule has 1 aliphatic rings. The third kappa shape index (κ3) is 2.19. The van der Waals surface area contributed by atoms with Crippen LogP contribution in [0.25, 0.3) is 0 Å². The van der Waals surface area contributed by atoms with Crippen LogP contribution in [0.1, 0.15) is 19.8 Å². The standard InChI is InChI=1S/C8H16N2O/c1-2-10-5-3-4-7(6-10)8(9)11/h7H,2-6H2,1H3,(H2,9,11). The Hall–Kier alpha value is -0.570. The van der Waals surface area contributed by atoms with Crippen LogP contribution in [-0.2, 0) is 4.79 Å². The molecule has 0 aliphatic carbocycles. The van der Waals surface area contributed by atoms with E-state index in [9.17, 15) is 4.79 Å². The van der Waals surface area contributed by atoms with E-state index < -0.39 is 0 Å². The Bertz CT molecular complexity index is 147. The number of primary amides is 1. The highest BCUT2D eigenvalue weighted by atomic mass is 16.1. The molecule has 0 aromatic heterocycles. The fourth-order valence-corrected chi connectivity index (χ4v) is 1.57. The lowest BCUT2D eigenvalue weighted by molar-refractivity contribution is -0.123. The Kier molecular flexibility index (Phi) is 2.88. The maximum Gasteiger partial charge on any atom is 0.221 e. The first-order valence-corrected chi connectivity index (χ1v) is 4.25. The van der Waals surface area contributed by atoms with Crippen molar-refractivity contribution in [2.24, 2.45) is 11.7 Å². The van der Waals surface area contributed by atoms with Gasteiger partial charge >= 0.3 is 0 Å². The smallest absolute Gasteiger partial charge is 0.221 e. The molecule has 0 bridgehead atoms. The first-order chi connectivity index (χ1) is 5.24. The van der Waals surface area contributed by atoms with Crippen molar-refractivity contribution >= 4 is 5.91 Å². The first kappa shape index (κ1) is 8.53. The molecule has 0 radical (unpaired) electrons. The molecule has 0 saturated carbocycles. The van der Waals surface area contributed by atoms with Crippen molar-refractivity contribution in [1.29, 1.82) is 0 Å². The normalized spacial score (nSPS) is 26.8. The van der Waals surface area contributed by atoms with E-state index in [1.165, 1.54) is 0 Å². The van der Waals surface area contributed by atoms with Gasteiger partial charge in [0.1, 0.15) is 0 Å². The van der Waals surface area contributed by atoms with Gasteiger partial charge in [0.05, 0.1) is 5.92 Å². The predicted molar refractivity (Wildman–Crippen MR) is 44.0 cm³/mol. The van der Waals surface area contributed by atoms with Crippen molar-refractivity contribution in [2.45, 2.75) is 19.8 Å². The number of hydrogen-bond acceptors (Lipinski definition) is 2. The average molecular weight is 156 g/mol. The van der Waals surface area contributed by atoms with Gasteiger partial charge < -0.3 is 10.6 Å². The molecule has 3 heteroatoms. The van der Waals surface area contributed by atoms with E-state index in [1.54, 1.807) is 0 Å². The lowest BCUT2D eigenvalue weighted by Gasteiger charge is -2.29. The van der Waals surface area contributed by atoms with Gasteiger partial charge in [0.25, 0.3) is 0 Å². The summed E-state index contributed by atoms with van der Waals surface area (Å²) >= 11 is 0. The van der Waals surface area contributed by atoms with Crippen LogP contribution < -0.4 is 5.73 Å². The van der Waals surface area contributed by atoms with Crippen LogP contribution in [-0.4, -0.2) is 30.4 Å². The number of amides is 1. The predicted octanol–water partition coefficient (Wildman–Crippen LogP) is 0.204. The highest BCUT2D eigenvalue weighted by molar-refractivity contribution is 5.76. The van der Waals surface area contributed by atoms with Crippen LogP contribution in [0, 0.1) is 5.92 Å². The average Bonchev–Trinajstić information content (AvgIpc) is 2.05. The molecule has 64 valence electrons. The Balaban J connectivity index is 2.39. The van der Waals surface area contributed by atoms with Gasteiger partial charge in [-0.15, -0.1) is 0 Å². The van der Waals surface area contributed by atoms with E-state index in [4.69, 9.17) is 5.73 Å². The van der Waals surface area contributed by atoms with Crippen molar-refractivity contribution in [3.05, 3.63) is 0 Å².